The lowest BCUT2D eigenvalue weighted by Crippen LogP contribution is -2.25. The molecule has 0 fully saturated rings. The van der Waals surface area contributed by atoms with E-state index in [4.69, 9.17) is 0 Å². The molecule has 3 rings (SSSR count). The zero-order chi connectivity index (χ0) is 21.6. The maximum absolute atomic E-state index is 13.2. The van der Waals surface area contributed by atoms with Crippen LogP contribution < -0.4 is 4.31 Å². The minimum Gasteiger partial charge on any atom is -0.343 e. The molecule has 1 heterocycles. The number of hydrogen-bond donors (Lipinski definition) is 0. The van der Waals surface area contributed by atoms with Crippen molar-refractivity contribution in [3.63, 3.8) is 0 Å². The fourth-order valence-electron chi connectivity index (χ4n) is 3.66. The third-order valence-corrected chi connectivity index (χ3v) is 6.39. The van der Waals surface area contributed by atoms with Crippen LogP contribution in [0.4, 0.5) is 18.9 Å². The standard InChI is InChI=1S/C20H20F3N3O2S/c1-4-26-18-11-14(20(21,22)23)7-10-16(18)17(12-24)19(26)13-5-8-15(9-6-13)25(2)29(3,27)28/h5-9,11,16H,4,10H2,1-3H3. The van der Waals surface area contributed by atoms with Crippen LogP contribution in [0.2, 0.25) is 0 Å². The molecule has 1 aliphatic heterocycles. The summed E-state index contributed by atoms with van der Waals surface area (Å²) >= 11 is 0. The molecule has 0 spiro atoms. The minimum atomic E-state index is -4.44. The van der Waals surface area contributed by atoms with Crippen molar-refractivity contribution in [1.82, 2.24) is 4.90 Å². The van der Waals surface area contributed by atoms with Gasteiger partial charge in [-0.1, -0.05) is 18.2 Å². The van der Waals surface area contributed by atoms with Gasteiger partial charge in [-0.05, 0) is 37.1 Å². The Kier molecular flexibility index (Phi) is 5.26. The molecular formula is C20H20F3N3O2S. The van der Waals surface area contributed by atoms with Crippen molar-refractivity contribution in [2.45, 2.75) is 19.5 Å². The molecule has 9 heteroatoms. The molecule has 0 saturated heterocycles. The van der Waals surface area contributed by atoms with Crippen molar-refractivity contribution >= 4 is 21.4 Å². The van der Waals surface area contributed by atoms with Gasteiger partial charge in [0.25, 0.3) is 0 Å². The molecule has 0 amide bonds. The maximum Gasteiger partial charge on any atom is 0.416 e. The molecule has 0 saturated carbocycles. The maximum atomic E-state index is 13.2. The predicted octanol–water partition coefficient (Wildman–Crippen LogP) is 4.05. The van der Waals surface area contributed by atoms with Crippen LogP contribution in [0.25, 0.3) is 5.70 Å². The Morgan fingerprint density at radius 1 is 1.28 bits per heavy atom. The number of benzene rings is 1. The first-order chi connectivity index (χ1) is 13.5. The summed E-state index contributed by atoms with van der Waals surface area (Å²) in [6.07, 6.45) is -0.987. The highest BCUT2D eigenvalue weighted by Crippen LogP contribution is 2.47. The van der Waals surface area contributed by atoms with Gasteiger partial charge in [0.15, 0.2) is 0 Å². The number of alkyl halides is 3. The van der Waals surface area contributed by atoms with Gasteiger partial charge in [-0.25, -0.2) is 8.42 Å². The summed E-state index contributed by atoms with van der Waals surface area (Å²) in [7, 11) is -1.99. The monoisotopic (exact) mass is 423 g/mol. The Morgan fingerprint density at radius 3 is 2.38 bits per heavy atom. The Balaban J connectivity index is 2.04. The van der Waals surface area contributed by atoms with E-state index in [0.717, 1.165) is 22.7 Å². The van der Waals surface area contributed by atoms with E-state index in [1.54, 1.807) is 29.2 Å². The van der Waals surface area contributed by atoms with Crippen LogP contribution in [0.1, 0.15) is 18.9 Å². The van der Waals surface area contributed by atoms with E-state index in [1.165, 1.54) is 7.05 Å². The number of halogens is 3. The Morgan fingerprint density at radius 2 is 1.90 bits per heavy atom. The van der Waals surface area contributed by atoms with Gasteiger partial charge in [0, 0.05) is 25.2 Å². The first kappa shape index (κ1) is 21.0. The van der Waals surface area contributed by atoms with E-state index in [1.807, 2.05) is 6.92 Å². The topological polar surface area (TPSA) is 64.4 Å². The number of allylic oxidation sites excluding steroid dienone is 4. The molecule has 1 aromatic rings. The van der Waals surface area contributed by atoms with E-state index >= 15 is 0 Å². The number of hydrogen-bond acceptors (Lipinski definition) is 4. The molecule has 0 bridgehead atoms. The average Bonchev–Trinajstić information content (AvgIpc) is 2.98. The normalized spacial score (nSPS) is 19.5. The lowest BCUT2D eigenvalue weighted by molar-refractivity contribution is -0.0889. The van der Waals surface area contributed by atoms with Crippen LogP contribution in [0.3, 0.4) is 0 Å². The molecule has 1 atom stereocenters. The number of sulfonamides is 1. The number of fused-ring (bicyclic) bond motifs is 1. The fourth-order valence-corrected chi connectivity index (χ4v) is 4.16. The van der Waals surface area contributed by atoms with E-state index < -0.39 is 27.7 Å². The second kappa shape index (κ2) is 7.26. The molecule has 1 aromatic carbocycles. The Labute approximate surface area is 168 Å². The van der Waals surface area contributed by atoms with Crippen LogP contribution in [-0.2, 0) is 10.0 Å². The van der Waals surface area contributed by atoms with Crippen LogP contribution in [0.5, 0.6) is 0 Å². The first-order valence-corrected chi connectivity index (χ1v) is 10.8. The van der Waals surface area contributed by atoms with E-state index in [-0.39, 0.29) is 6.42 Å². The highest BCUT2D eigenvalue weighted by Gasteiger charge is 2.41. The van der Waals surface area contributed by atoms with E-state index in [9.17, 15) is 26.9 Å². The van der Waals surface area contributed by atoms with Crippen LogP contribution in [-0.4, -0.2) is 39.3 Å². The van der Waals surface area contributed by atoms with Crippen LogP contribution in [0.15, 0.2) is 53.3 Å². The SMILES string of the molecule is CCN1C2=CC(C(F)(F)F)=CCC2C(C#N)=C1c1ccc(N(C)S(C)(=O)=O)cc1. The zero-order valence-electron chi connectivity index (χ0n) is 16.2. The third-order valence-electron chi connectivity index (χ3n) is 5.18. The number of rotatable bonds is 4. The Hall–Kier alpha value is -2.73. The molecule has 29 heavy (non-hydrogen) atoms. The fraction of sp³-hybridized carbons (Fsp3) is 0.350. The molecule has 0 radical (unpaired) electrons. The van der Waals surface area contributed by atoms with Crippen molar-refractivity contribution in [1.29, 1.82) is 5.26 Å². The van der Waals surface area contributed by atoms with Gasteiger partial charge in [-0.2, -0.15) is 18.4 Å². The van der Waals surface area contributed by atoms with Gasteiger partial charge in [-0.3, -0.25) is 4.31 Å². The first-order valence-electron chi connectivity index (χ1n) is 8.94. The predicted molar refractivity (Wildman–Crippen MR) is 105 cm³/mol. The molecule has 1 unspecified atom stereocenters. The number of nitriles is 1. The highest BCUT2D eigenvalue weighted by molar-refractivity contribution is 7.92. The van der Waals surface area contributed by atoms with Gasteiger partial charge < -0.3 is 4.90 Å². The van der Waals surface area contributed by atoms with E-state index in [0.29, 0.717) is 34.8 Å². The summed E-state index contributed by atoms with van der Waals surface area (Å²) in [5.74, 6) is -0.417. The summed E-state index contributed by atoms with van der Waals surface area (Å²) in [6, 6.07) is 8.76. The second-order valence-electron chi connectivity index (χ2n) is 6.91. The number of anilines is 1. The molecule has 5 nitrogen and oxygen atoms in total. The summed E-state index contributed by atoms with van der Waals surface area (Å²) in [5.41, 5.74) is 1.85. The molecule has 2 aliphatic rings. The highest BCUT2D eigenvalue weighted by atomic mass is 32.2. The van der Waals surface area contributed by atoms with Crippen molar-refractivity contribution in [2.24, 2.45) is 5.92 Å². The average molecular weight is 423 g/mol. The van der Waals surface area contributed by atoms with E-state index in [2.05, 4.69) is 6.07 Å². The van der Waals surface area contributed by atoms with Crippen molar-refractivity contribution in [3.8, 4) is 6.07 Å². The quantitative estimate of drug-likeness (QED) is 0.733. The molecular weight excluding hydrogens is 403 g/mol. The minimum absolute atomic E-state index is 0.110. The third kappa shape index (κ3) is 3.77. The molecule has 154 valence electrons. The summed E-state index contributed by atoms with van der Waals surface area (Å²) in [4.78, 5) is 1.73. The molecule has 0 aromatic heterocycles. The molecule has 1 aliphatic carbocycles. The van der Waals surface area contributed by atoms with Gasteiger partial charge in [-0.15, -0.1) is 0 Å². The van der Waals surface area contributed by atoms with Gasteiger partial charge in [0.05, 0.1) is 34.9 Å². The second-order valence-corrected chi connectivity index (χ2v) is 8.92. The largest absolute Gasteiger partial charge is 0.416 e. The molecule has 0 N–H and O–H groups in total. The van der Waals surface area contributed by atoms with Crippen molar-refractivity contribution in [3.05, 3.63) is 58.8 Å². The summed E-state index contributed by atoms with van der Waals surface area (Å²) in [5, 5.41) is 9.73. The smallest absolute Gasteiger partial charge is 0.343 e. The lowest BCUT2D eigenvalue weighted by Gasteiger charge is -2.27. The summed E-state index contributed by atoms with van der Waals surface area (Å²) < 4.78 is 64.1. The Bertz CT molecular complexity index is 1060. The lowest BCUT2D eigenvalue weighted by atomic mass is 9.88. The van der Waals surface area contributed by atoms with Gasteiger partial charge in [0.1, 0.15) is 0 Å². The van der Waals surface area contributed by atoms with Crippen LogP contribution in [0, 0.1) is 17.2 Å². The summed E-state index contributed by atoms with van der Waals surface area (Å²) in [6.45, 7) is 2.22. The number of nitrogens with zero attached hydrogens (tertiary/aromatic N) is 3. The van der Waals surface area contributed by atoms with Crippen molar-refractivity contribution < 1.29 is 21.6 Å². The van der Waals surface area contributed by atoms with Crippen LogP contribution >= 0.6 is 0 Å². The van der Waals surface area contributed by atoms with Gasteiger partial charge >= 0.3 is 6.18 Å². The van der Waals surface area contributed by atoms with Gasteiger partial charge in [0.2, 0.25) is 10.0 Å². The zero-order valence-corrected chi connectivity index (χ0v) is 17.0. The van der Waals surface area contributed by atoms with Crippen molar-refractivity contribution in [2.75, 3.05) is 24.2 Å².